The number of halogens is 1. The summed E-state index contributed by atoms with van der Waals surface area (Å²) in [6.07, 6.45) is 0.804. The molecule has 0 radical (unpaired) electrons. The van der Waals surface area contributed by atoms with Crippen molar-refractivity contribution in [2.45, 2.75) is 19.9 Å². The predicted octanol–water partition coefficient (Wildman–Crippen LogP) is 4.25. The summed E-state index contributed by atoms with van der Waals surface area (Å²) in [5.41, 5.74) is 2.89. The van der Waals surface area contributed by atoms with Crippen LogP contribution in [0.2, 0.25) is 5.02 Å². The zero-order chi connectivity index (χ0) is 23.2. The van der Waals surface area contributed by atoms with Gasteiger partial charge in [-0.05, 0) is 54.6 Å². The van der Waals surface area contributed by atoms with Gasteiger partial charge < -0.3 is 19.9 Å². The molecule has 1 saturated heterocycles. The summed E-state index contributed by atoms with van der Waals surface area (Å²) in [5, 5.41) is 4.49. The Bertz CT molecular complexity index is 1160. The van der Waals surface area contributed by atoms with Crippen LogP contribution in [0, 0.1) is 6.92 Å². The molecule has 1 aromatic heterocycles. The minimum Gasteiger partial charge on any atom is -0.379 e. The van der Waals surface area contributed by atoms with Gasteiger partial charge >= 0.3 is 6.03 Å². The minimum atomic E-state index is -0.247. The number of carbonyl (C=O) groups is 1. The summed E-state index contributed by atoms with van der Waals surface area (Å²) in [4.78, 5) is 33.0. The Morgan fingerprint density at radius 2 is 1.94 bits per heavy atom. The van der Waals surface area contributed by atoms with Crippen molar-refractivity contribution in [1.29, 1.82) is 0 Å². The number of urea groups is 1. The molecule has 2 aromatic carbocycles. The Labute approximate surface area is 198 Å². The van der Waals surface area contributed by atoms with Crippen LogP contribution in [0.4, 0.5) is 10.5 Å². The molecule has 7 nitrogen and oxygen atoms in total. The number of hydrogen-bond acceptors (Lipinski definition) is 4. The van der Waals surface area contributed by atoms with Crippen molar-refractivity contribution >= 4 is 34.2 Å². The van der Waals surface area contributed by atoms with Crippen LogP contribution in [0.5, 0.6) is 0 Å². The number of anilines is 1. The molecular formula is C25H29ClN4O3. The van der Waals surface area contributed by atoms with Crippen LogP contribution in [0.15, 0.2) is 53.3 Å². The lowest BCUT2D eigenvalue weighted by Gasteiger charge is -2.28. The Balaban J connectivity index is 1.51. The number of pyridine rings is 1. The fourth-order valence-corrected chi connectivity index (χ4v) is 4.18. The number of aryl methyl sites for hydroxylation is 1. The van der Waals surface area contributed by atoms with E-state index < -0.39 is 0 Å². The monoisotopic (exact) mass is 468 g/mol. The number of amides is 2. The number of fused-ring (bicyclic) bond motifs is 1. The average molecular weight is 469 g/mol. The summed E-state index contributed by atoms with van der Waals surface area (Å²) in [5.74, 6) is 0. The second-order valence-electron chi connectivity index (χ2n) is 8.33. The van der Waals surface area contributed by atoms with E-state index in [1.807, 2.05) is 31.2 Å². The standard InChI is InChI=1S/C25H29ClN4O3/c1-18-4-2-5-19-16-20(24(31)28-23(18)19)17-30(11-3-10-29-12-14-33-15-13-29)25(32)27-22-8-6-21(26)7-9-22/h2,4-9,16H,3,10-15,17H2,1H3,(H,27,32)(H,28,31). The van der Waals surface area contributed by atoms with E-state index in [0.717, 1.165) is 55.7 Å². The summed E-state index contributed by atoms with van der Waals surface area (Å²) < 4.78 is 5.41. The Hall–Kier alpha value is -2.87. The lowest BCUT2D eigenvalue weighted by molar-refractivity contribution is 0.0365. The molecule has 4 rings (SSSR count). The summed E-state index contributed by atoms with van der Waals surface area (Å²) in [6.45, 7) is 6.89. The van der Waals surface area contributed by atoms with Crippen molar-refractivity contribution in [3.8, 4) is 0 Å². The molecule has 33 heavy (non-hydrogen) atoms. The highest BCUT2D eigenvalue weighted by Crippen LogP contribution is 2.17. The maximum atomic E-state index is 13.1. The Morgan fingerprint density at radius 3 is 2.70 bits per heavy atom. The first-order valence-corrected chi connectivity index (χ1v) is 11.6. The Kier molecular flexibility index (Phi) is 7.65. The van der Waals surface area contributed by atoms with Gasteiger partial charge in [-0.15, -0.1) is 0 Å². The number of nitrogens with one attached hydrogen (secondary N) is 2. The molecule has 1 fully saturated rings. The first-order chi connectivity index (χ1) is 16.0. The SMILES string of the molecule is Cc1cccc2cc(CN(CCCN3CCOCC3)C(=O)Nc3ccc(Cl)cc3)c(=O)[nH]c12. The van der Waals surface area contributed by atoms with Gasteiger partial charge in [0.25, 0.3) is 5.56 Å². The van der Waals surface area contributed by atoms with Crippen LogP contribution in [-0.2, 0) is 11.3 Å². The zero-order valence-electron chi connectivity index (χ0n) is 18.8. The molecular weight excluding hydrogens is 440 g/mol. The Morgan fingerprint density at radius 1 is 1.18 bits per heavy atom. The highest BCUT2D eigenvalue weighted by atomic mass is 35.5. The van der Waals surface area contributed by atoms with E-state index in [0.29, 0.717) is 22.8 Å². The largest absolute Gasteiger partial charge is 0.379 e. The van der Waals surface area contributed by atoms with Crippen LogP contribution in [0.25, 0.3) is 10.9 Å². The van der Waals surface area contributed by atoms with Gasteiger partial charge in [0, 0.05) is 42.5 Å². The van der Waals surface area contributed by atoms with Crippen molar-refractivity contribution in [2.24, 2.45) is 0 Å². The predicted molar refractivity (Wildman–Crippen MR) is 132 cm³/mol. The smallest absolute Gasteiger partial charge is 0.322 e. The van der Waals surface area contributed by atoms with Crippen molar-refractivity contribution in [2.75, 3.05) is 44.7 Å². The number of aromatic nitrogens is 1. The molecule has 8 heteroatoms. The lowest BCUT2D eigenvalue weighted by Crippen LogP contribution is -2.40. The second-order valence-corrected chi connectivity index (χ2v) is 8.77. The van der Waals surface area contributed by atoms with E-state index in [2.05, 4.69) is 15.2 Å². The molecule has 0 saturated carbocycles. The average Bonchev–Trinajstić information content (AvgIpc) is 2.81. The molecule has 2 amide bonds. The molecule has 0 spiro atoms. The van der Waals surface area contributed by atoms with Gasteiger partial charge in [-0.1, -0.05) is 29.8 Å². The lowest BCUT2D eigenvalue weighted by atomic mass is 10.1. The number of para-hydroxylation sites is 1. The number of hydrogen-bond donors (Lipinski definition) is 2. The zero-order valence-corrected chi connectivity index (χ0v) is 19.5. The minimum absolute atomic E-state index is 0.172. The van der Waals surface area contributed by atoms with Gasteiger partial charge in [0.05, 0.1) is 25.3 Å². The quantitative estimate of drug-likeness (QED) is 0.543. The number of H-pyrrole nitrogens is 1. The third kappa shape index (κ3) is 6.13. The number of nitrogens with zero attached hydrogens (tertiary/aromatic N) is 2. The van der Waals surface area contributed by atoms with Gasteiger partial charge in [-0.25, -0.2) is 4.79 Å². The molecule has 0 bridgehead atoms. The molecule has 2 N–H and O–H groups in total. The van der Waals surface area contributed by atoms with Crippen molar-refractivity contribution in [3.63, 3.8) is 0 Å². The van der Waals surface area contributed by atoms with Gasteiger partial charge in [-0.3, -0.25) is 9.69 Å². The van der Waals surface area contributed by atoms with Crippen LogP contribution >= 0.6 is 11.6 Å². The van der Waals surface area contributed by atoms with Crippen LogP contribution in [0.1, 0.15) is 17.5 Å². The highest BCUT2D eigenvalue weighted by molar-refractivity contribution is 6.30. The first-order valence-electron chi connectivity index (χ1n) is 11.2. The van der Waals surface area contributed by atoms with E-state index in [-0.39, 0.29) is 18.1 Å². The molecule has 0 aliphatic carbocycles. The fraction of sp³-hybridized carbons (Fsp3) is 0.360. The third-order valence-corrected chi connectivity index (χ3v) is 6.17. The normalized spacial score (nSPS) is 14.4. The maximum absolute atomic E-state index is 13.1. The van der Waals surface area contributed by atoms with Crippen LogP contribution in [-0.4, -0.2) is 60.2 Å². The van der Waals surface area contributed by atoms with Gasteiger partial charge in [0.15, 0.2) is 0 Å². The van der Waals surface area contributed by atoms with E-state index in [1.54, 1.807) is 29.2 Å². The summed E-state index contributed by atoms with van der Waals surface area (Å²) >= 11 is 5.96. The number of aromatic amines is 1. The fourth-order valence-electron chi connectivity index (χ4n) is 4.05. The number of morpholine rings is 1. The van der Waals surface area contributed by atoms with E-state index in [4.69, 9.17) is 16.3 Å². The van der Waals surface area contributed by atoms with Gasteiger partial charge in [-0.2, -0.15) is 0 Å². The maximum Gasteiger partial charge on any atom is 0.322 e. The van der Waals surface area contributed by atoms with Crippen LogP contribution in [0.3, 0.4) is 0 Å². The highest BCUT2D eigenvalue weighted by Gasteiger charge is 2.18. The topological polar surface area (TPSA) is 77.7 Å². The molecule has 1 aliphatic rings. The second kappa shape index (κ2) is 10.8. The first kappa shape index (κ1) is 23.3. The summed E-state index contributed by atoms with van der Waals surface area (Å²) in [6, 6.07) is 14.5. The number of benzene rings is 2. The van der Waals surface area contributed by atoms with E-state index >= 15 is 0 Å². The third-order valence-electron chi connectivity index (χ3n) is 5.91. The molecule has 1 aliphatic heterocycles. The van der Waals surface area contributed by atoms with Crippen molar-refractivity contribution in [1.82, 2.24) is 14.8 Å². The van der Waals surface area contributed by atoms with Crippen molar-refractivity contribution in [3.05, 3.63) is 75.0 Å². The van der Waals surface area contributed by atoms with Crippen LogP contribution < -0.4 is 10.9 Å². The molecule has 0 atom stereocenters. The number of ether oxygens (including phenoxy) is 1. The molecule has 3 aromatic rings. The number of rotatable bonds is 7. The van der Waals surface area contributed by atoms with E-state index in [9.17, 15) is 9.59 Å². The van der Waals surface area contributed by atoms with Crippen molar-refractivity contribution < 1.29 is 9.53 Å². The molecule has 174 valence electrons. The molecule has 0 unspecified atom stereocenters. The van der Waals surface area contributed by atoms with E-state index in [1.165, 1.54) is 0 Å². The van der Waals surface area contributed by atoms with Gasteiger partial charge in [0.2, 0.25) is 0 Å². The summed E-state index contributed by atoms with van der Waals surface area (Å²) in [7, 11) is 0. The molecule has 2 heterocycles. The van der Waals surface area contributed by atoms with Gasteiger partial charge in [0.1, 0.15) is 0 Å². The number of carbonyl (C=O) groups excluding carboxylic acids is 1.